The normalized spacial score (nSPS) is 14.8. The summed E-state index contributed by atoms with van der Waals surface area (Å²) in [5.74, 6) is 2.59. The summed E-state index contributed by atoms with van der Waals surface area (Å²) >= 11 is 3.99. The number of ether oxygens (including phenoxy) is 2. The molecular formula is C29H25ClN2O5S. The Hall–Kier alpha value is -3.56. The Morgan fingerprint density at radius 1 is 0.868 bits per heavy atom. The van der Waals surface area contributed by atoms with Crippen molar-refractivity contribution in [3.63, 3.8) is 0 Å². The maximum atomic E-state index is 12.1. The minimum Gasteiger partial charge on any atom is -0.453 e. The van der Waals surface area contributed by atoms with Gasteiger partial charge in [0.2, 0.25) is 0 Å². The Balaban J connectivity index is 1.42. The molecule has 9 heteroatoms. The van der Waals surface area contributed by atoms with Gasteiger partial charge in [0, 0.05) is 13.0 Å². The third-order valence-electron chi connectivity index (χ3n) is 6.74. The molecule has 1 N–H and O–H groups in total. The van der Waals surface area contributed by atoms with Crippen LogP contribution in [0.15, 0.2) is 84.9 Å². The van der Waals surface area contributed by atoms with Crippen molar-refractivity contribution in [2.45, 2.75) is 26.0 Å². The van der Waals surface area contributed by atoms with Crippen molar-refractivity contribution >= 4 is 45.7 Å². The lowest BCUT2D eigenvalue weighted by Gasteiger charge is -2.40. The van der Waals surface area contributed by atoms with E-state index in [1.807, 2.05) is 83.8 Å². The Kier molecular flexibility index (Phi) is 6.71. The van der Waals surface area contributed by atoms with E-state index in [9.17, 15) is 8.76 Å². The lowest BCUT2D eigenvalue weighted by molar-refractivity contribution is 0.198. The Morgan fingerprint density at radius 2 is 1.53 bits per heavy atom. The van der Waals surface area contributed by atoms with Crippen LogP contribution in [-0.4, -0.2) is 21.5 Å². The molecule has 4 aromatic rings. The monoisotopic (exact) mass is 548 g/mol. The minimum atomic E-state index is -2.51. The molecule has 2 atom stereocenters. The zero-order valence-electron chi connectivity index (χ0n) is 20.5. The van der Waals surface area contributed by atoms with E-state index in [-0.39, 0.29) is 0 Å². The Bertz CT molecular complexity index is 1530. The molecule has 0 fully saturated rings. The third-order valence-corrected chi connectivity index (χ3v) is 7.42. The van der Waals surface area contributed by atoms with E-state index < -0.39 is 17.6 Å². The zero-order chi connectivity index (χ0) is 26.2. The van der Waals surface area contributed by atoms with Gasteiger partial charge < -0.3 is 19.3 Å². The number of benzene rings is 4. The Labute approximate surface area is 228 Å². The summed E-state index contributed by atoms with van der Waals surface area (Å²) in [5.41, 5.74) is 4.33. The zero-order valence-corrected chi connectivity index (χ0v) is 22.1. The number of para-hydroxylation sites is 6. The highest BCUT2D eigenvalue weighted by molar-refractivity contribution is 7.74. The number of hydrogen-bond donors (Lipinski definition) is 1. The predicted molar refractivity (Wildman–Crippen MR) is 150 cm³/mol. The van der Waals surface area contributed by atoms with Crippen LogP contribution in [0, 0.1) is 0 Å². The molecule has 4 aromatic carbocycles. The molecular weight excluding hydrogens is 524 g/mol. The molecule has 0 radical (unpaired) electrons. The van der Waals surface area contributed by atoms with Gasteiger partial charge in [-0.3, -0.25) is 4.55 Å². The quantitative estimate of drug-likeness (QED) is 0.235. The fourth-order valence-corrected chi connectivity index (χ4v) is 5.68. The minimum absolute atomic E-state index is 0.373. The number of anilines is 4. The molecule has 2 aliphatic heterocycles. The van der Waals surface area contributed by atoms with E-state index in [0.717, 1.165) is 34.7 Å². The molecule has 0 aliphatic carbocycles. The van der Waals surface area contributed by atoms with Crippen molar-refractivity contribution in [1.29, 1.82) is 0 Å². The third kappa shape index (κ3) is 4.39. The standard InChI is InChI=1S/C29H25ClN2O5S/c1-2-19-9-7-16-26-28(19)32(22-12-4-6-15-25(22)35-26)27(37-38(33)34)17-18-31-21-11-3-5-14-24(21)36-29-20(30)10-8-13-23(29)31/h3-16,27H,2,17-18H2,1H3,(H,33,34). The molecule has 0 bridgehead atoms. The molecule has 2 aliphatic rings. The maximum absolute atomic E-state index is 12.1. The van der Waals surface area contributed by atoms with E-state index in [2.05, 4.69) is 11.8 Å². The van der Waals surface area contributed by atoms with Crippen molar-refractivity contribution in [1.82, 2.24) is 0 Å². The largest absolute Gasteiger partial charge is 0.453 e. The fourth-order valence-electron chi connectivity index (χ4n) is 5.10. The van der Waals surface area contributed by atoms with Gasteiger partial charge in [0.15, 0.2) is 29.2 Å². The molecule has 2 heterocycles. The lowest BCUT2D eigenvalue weighted by Crippen LogP contribution is -2.39. The first kappa shape index (κ1) is 24.8. The van der Waals surface area contributed by atoms with Crippen molar-refractivity contribution in [3.05, 3.63) is 95.5 Å². The summed E-state index contributed by atoms with van der Waals surface area (Å²) in [5, 5.41) is 0.509. The van der Waals surface area contributed by atoms with Crippen molar-refractivity contribution in [2.75, 3.05) is 16.3 Å². The summed E-state index contributed by atoms with van der Waals surface area (Å²) in [7, 11) is 0. The van der Waals surface area contributed by atoms with Crippen LogP contribution in [0.1, 0.15) is 18.9 Å². The molecule has 194 valence electrons. The van der Waals surface area contributed by atoms with E-state index >= 15 is 0 Å². The fraction of sp³-hybridized carbons (Fsp3) is 0.172. The van der Waals surface area contributed by atoms with Gasteiger partial charge in [0.25, 0.3) is 0 Å². The van der Waals surface area contributed by atoms with Gasteiger partial charge in [-0.05, 0) is 54.4 Å². The van der Waals surface area contributed by atoms with E-state index in [4.69, 9.17) is 25.3 Å². The summed E-state index contributed by atoms with van der Waals surface area (Å²) in [4.78, 5) is 4.09. The van der Waals surface area contributed by atoms with Crippen LogP contribution >= 0.6 is 11.6 Å². The van der Waals surface area contributed by atoms with Gasteiger partial charge in [0.05, 0.1) is 27.8 Å². The first-order chi connectivity index (χ1) is 18.5. The second-order valence-electron chi connectivity index (χ2n) is 8.92. The highest BCUT2D eigenvalue weighted by Gasteiger charge is 2.35. The van der Waals surface area contributed by atoms with Crippen LogP contribution < -0.4 is 19.3 Å². The van der Waals surface area contributed by atoms with Crippen LogP contribution in [0.4, 0.5) is 22.7 Å². The van der Waals surface area contributed by atoms with Crippen LogP contribution in [0.25, 0.3) is 0 Å². The van der Waals surface area contributed by atoms with Crippen LogP contribution in [-0.2, 0) is 22.0 Å². The number of fused-ring (bicyclic) bond motifs is 4. The first-order valence-electron chi connectivity index (χ1n) is 12.3. The Morgan fingerprint density at radius 3 is 2.29 bits per heavy atom. The predicted octanol–water partition coefficient (Wildman–Crippen LogP) is 7.96. The molecule has 0 saturated carbocycles. The number of hydrogen-bond acceptors (Lipinski definition) is 6. The second kappa shape index (κ2) is 10.3. The van der Waals surface area contributed by atoms with Crippen molar-refractivity contribution < 1.29 is 22.4 Å². The van der Waals surface area contributed by atoms with Gasteiger partial charge in [0.1, 0.15) is 0 Å². The van der Waals surface area contributed by atoms with E-state index in [1.165, 1.54) is 0 Å². The summed E-state index contributed by atoms with van der Waals surface area (Å²) in [6, 6.07) is 26.9. The highest BCUT2D eigenvalue weighted by Crippen LogP contribution is 2.52. The topological polar surface area (TPSA) is 71.5 Å². The SMILES string of the molecule is CCc1cccc2c1N(C(CCN1c3ccccc3Oc3c(Cl)cccc31)OS(=O)O)c1ccccc1O2. The smallest absolute Gasteiger partial charge is 0.304 e. The van der Waals surface area contributed by atoms with E-state index in [1.54, 1.807) is 6.07 Å². The molecule has 6 rings (SSSR count). The molecule has 0 amide bonds. The molecule has 38 heavy (non-hydrogen) atoms. The van der Waals surface area contributed by atoms with Crippen molar-refractivity contribution in [2.24, 2.45) is 0 Å². The lowest BCUT2D eigenvalue weighted by atomic mass is 10.0. The van der Waals surface area contributed by atoms with E-state index in [0.29, 0.717) is 41.0 Å². The maximum Gasteiger partial charge on any atom is 0.304 e. The highest BCUT2D eigenvalue weighted by atomic mass is 35.5. The first-order valence-corrected chi connectivity index (χ1v) is 13.7. The molecule has 0 aromatic heterocycles. The number of rotatable bonds is 7. The molecule has 0 saturated heterocycles. The number of halogens is 1. The number of aryl methyl sites for hydroxylation is 1. The number of nitrogens with zero attached hydrogens (tertiary/aromatic N) is 2. The van der Waals surface area contributed by atoms with Crippen molar-refractivity contribution in [3.8, 4) is 23.0 Å². The molecule has 0 spiro atoms. The van der Waals surface area contributed by atoms with Gasteiger partial charge in [-0.15, -0.1) is 0 Å². The van der Waals surface area contributed by atoms with Gasteiger partial charge in [-0.1, -0.05) is 61.0 Å². The van der Waals surface area contributed by atoms with Crippen LogP contribution in [0.5, 0.6) is 23.0 Å². The summed E-state index contributed by atoms with van der Waals surface area (Å²) in [6.45, 7) is 2.53. The summed E-state index contributed by atoms with van der Waals surface area (Å²) in [6.07, 6.45) is 0.344. The molecule has 2 unspecified atom stereocenters. The van der Waals surface area contributed by atoms with Crippen LogP contribution in [0.2, 0.25) is 5.02 Å². The van der Waals surface area contributed by atoms with Gasteiger partial charge >= 0.3 is 11.4 Å². The van der Waals surface area contributed by atoms with Crippen LogP contribution in [0.3, 0.4) is 0 Å². The second-order valence-corrected chi connectivity index (χ2v) is 9.96. The average Bonchev–Trinajstić information content (AvgIpc) is 2.93. The molecule has 7 nitrogen and oxygen atoms in total. The average molecular weight is 549 g/mol. The van der Waals surface area contributed by atoms with Gasteiger partial charge in [-0.2, -0.15) is 4.21 Å². The summed E-state index contributed by atoms with van der Waals surface area (Å²) < 4.78 is 40.1. The van der Waals surface area contributed by atoms with Gasteiger partial charge in [-0.25, -0.2) is 4.18 Å².